The van der Waals surface area contributed by atoms with Crippen molar-refractivity contribution in [3.8, 4) is 40.3 Å². The molecular weight excluding hydrogens is 617 g/mol. The number of piperazine rings is 1. The Bertz CT molecular complexity index is 1870. The summed E-state index contributed by atoms with van der Waals surface area (Å²) >= 11 is 0. The van der Waals surface area contributed by atoms with Crippen molar-refractivity contribution < 1.29 is 27.8 Å². The normalized spacial score (nSPS) is 12.8. The summed E-state index contributed by atoms with van der Waals surface area (Å²) in [5, 5.41) is 28.0. The van der Waals surface area contributed by atoms with Crippen molar-refractivity contribution in [3.63, 3.8) is 0 Å². The Morgan fingerprint density at radius 1 is 1.00 bits per heavy atom. The maximum atomic E-state index is 10.6. The van der Waals surface area contributed by atoms with Gasteiger partial charge in [-0.3, -0.25) is 0 Å². The Kier molecular flexibility index (Phi) is 9.87. The molecule has 5 aromatic rings. The average Bonchev–Trinajstić information content (AvgIpc) is 3.59. The SMILES string of the molecule is COc1ccc(-c2ncn(-c3ccc(Nc4nccc(-c5cc(C#N)cc(N6CCNCC6)c5)n4)cc3)n2)cn1.O=C(O)C(F)(F)F. The number of halogens is 3. The molecule has 47 heavy (non-hydrogen) atoms. The van der Waals surface area contributed by atoms with Crippen molar-refractivity contribution >= 4 is 23.3 Å². The van der Waals surface area contributed by atoms with Crippen molar-refractivity contribution in [2.75, 3.05) is 43.5 Å². The summed E-state index contributed by atoms with van der Waals surface area (Å²) in [5.74, 6) is -1.18. The van der Waals surface area contributed by atoms with E-state index in [1.165, 1.54) is 0 Å². The lowest BCUT2D eigenvalue weighted by molar-refractivity contribution is -0.192. The fourth-order valence-corrected chi connectivity index (χ4v) is 4.49. The van der Waals surface area contributed by atoms with Crippen LogP contribution in [0.5, 0.6) is 5.88 Å². The molecule has 3 N–H and O–H groups in total. The Morgan fingerprint density at radius 2 is 1.74 bits per heavy atom. The topological polar surface area (TPSA) is 167 Å². The van der Waals surface area contributed by atoms with Crippen molar-refractivity contribution in [1.29, 1.82) is 5.26 Å². The Labute approximate surface area is 266 Å². The Hall–Kier alpha value is -6.08. The molecule has 1 saturated heterocycles. The van der Waals surface area contributed by atoms with E-state index in [0.29, 0.717) is 23.2 Å². The maximum Gasteiger partial charge on any atom is 0.490 e. The van der Waals surface area contributed by atoms with Gasteiger partial charge in [0.05, 0.1) is 30.1 Å². The lowest BCUT2D eigenvalue weighted by Gasteiger charge is -2.29. The minimum absolute atomic E-state index is 0.464. The summed E-state index contributed by atoms with van der Waals surface area (Å²) < 4.78 is 38.6. The van der Waals surface area contributed by atoms with Gasteiger partial charge in [-0.25, -0.2) is 29.4 Å². The quantitative estimate of drug-likeness (QED) is 0.228. The lowest BCUT2D eigenvalue weighted by Crippen LogP contribution is -2.43. The number of benzene rings is 2. The van der Waals surface area contributed by atoms with E-state index in [-0.39, 0.29) is 0 Å². The average molecular weight is 645 g/mol. The highest BCUT2D eigenvalue weighted by atomic mass is 19.4. The molecule has 0 radical (unpaired) electrons. The predicted octanol–water partition coefficient (Wildman–Crippen LogP) is 4.45. The van der Waals surface area contributed by atoms with Gasteiger partial charge in [0, 0.05) is 67.1 Å². The van der Waals surface area contributed by atoms with Gasteiger partial charge in [-0.2, -0.15) is 18.4 Å². The third-order valence-electron chi connectivity index (χ3n) is 6.81. The number of rotatable bonds is 7. The highest BCUT2D eigenvalue weighted by Crippen LogP contribution is 2.27. The molecule has 0 atom stereocenters. The first-order valence-electron chi connectivity index (χ1n) is 14.1. The molecule has 1 fully saturated rings. The number of alkyl halides is 3. The number of aliphatic carboxylic acids is 1. The molecule has 6 rings (SSSR count). The van der Waals surface area contributed by atoms with Crippen molar-refractivity contribution in [2.45, 2.75) is 6.18 Å². The molecule has 0 spiro atoms. The number of nitrogens with zero attached hydrogens (tertiary/aromatic N) is 8. The second-order valence-electron chi connectivity index (χ2n) is 9.96. The second-order valence-corrected chi connectivity index (χ2v) is 9.96. The largest absolute Gasteiger partial charge is 0.490 e. The van der Waals surface area contributed by atoms with Crippen molar-refractivity contribution in [1.82, 2.24) is 35.0 Å². The molecule has 0 amide bonds. The summed E-state index contributed by atoms with van der Waals surface area (Å²) in [7, 11) is 1.58. The number of hydrogen-bond donors (Lipinski definition) is 3. The highest BCUT2D eigenvalue weighted by molar-refractivity contribution is 5.73. The molecule has 13 nitrogen and oxygen atoms in total. The number of methoxy groups -OCH3 is 1. The molecule has 240 valence electrons. The van der Waals surface area contributed by atoms with E-state index in [2.05, 4.69) is 47.7 Å². The minimum atomic E-state index is -5.08. The van der Waals surface area contributed by atoms with Crippen LogP contribution in [0.1, 0.15) is 5.56 Å². The van der Waals surface area contributed by atoms with Crippen LogP contribution in [0.3, 0.4) is 0 Å². The molecule has 16 heteroatoms. The van der Waals surface area contributed by atoms with Gasteiger partial charge in [-0.15, -0.1) is 5.10 Å². The van der Waals surface area contributed by atoms with Crippen molar-refractivity contribution in [2.24, 2.45) is 0 Å². The number of anilines is 3. The number of hydrogen-bond acceptors (Lipinski definition) is 11. The summed E-state index contributed by atoms with van der Waals surface area (Å²) in [6.45, 7) is 3.64. The van der Waals surface area contributed by atoms with Gasteiger partial charge in [0.2, 0.25) is 11.8 Å². The van der Waals surface area contributed by atoms with E-state index < -0.39 is 12.1 Å². The first-order valence-corrected chi connectivity index (χ1v) is 14.1. The molecular formula is C31H27F3N10O3. The fraction of sp³-hybridized carbons (Fsp3) is 0.194. The van der Waals surface area contributed by atoms with Crippen LogP contribution in [-0.2, 0) is 4.79 Å². The zero-order valence-corrected chi connectivity index (χ0v) is 24.8. The van der Waals surface area contributed by atoms with Crippen LogP contribution in [0, 0.1) is 11.3 Å². The molecule has 0 aliphatic carbocycles. The number of carbonyl (C=O) groups is 1. The second kappa shape index (κ2) is 14.3. The van der Waals surface area contributed by atoms with Gasteiger partial charge < -0.3 is 25.4 Å². The van der Waals surface area contributed by atoms with Gasteiger partial charge in [-0.1, -0.05) is 0 Å². The number of nitrogens with one attached hydrogen (secondary N) is 2. The Morgan fingerprint density at radius 3 is 2.38 bits per heavy atom. The smallest absolute Gasteiger partial charge is 0.481 e. The van der Waals surface area contributed by atoms with Gasteiger partial charge in [0.1, 0.15) is 6.33 Å². The van der Waals surface area contributed by atoms with Crippen LogP contribution in [0.2, 0.25) is 0 Å². The summed E-state index contributed by atoms with van der Waals surface area (Å²) in [6, 6.07) is 21.4. The van der Waals surface area contributed by atoms with E-state index in [1.807, 2.05) is 48.5 Å². The van der Waals surface area contributed by atoms with Crippen LogP contribution in [-0.4, -0.2) is 80.3 Å². The monoisotopic (exact) mass is 644 g/mol. The first kappa shape index (κ1) is 32.3. The summed E-state index contributed by atoms with van der Waals surface area (Å²) in [5.41, 5.74) is 5.73. The number of carboxylic acids is 1. The van der Waals surface area contributed by atoms with Crippen LogP contribution >= 0.6 is 0 Å². The number of nitriles is 1. The number of ether oxygens (including phenoxy) is 1. The third kappa shape index (κ3) is 8.35. The molecule has 3 aromatic heterocycles. The molecule has 0 saturated carbocycles. The number of pyridine rings is 1. The van der Waals surface area contributed by atoms with E-state index in [1.54, 1.807) is 36.6 Å². The third-order valence-corrected chi connectivity index (χ3v) is 6.81. The standard InChI is InChI=1S/C29H26N10O.C2HF3O2/c1-40-27-7-2-21(18-33-27)28-34-19-39(37-28)24-5-3-23(4-6-24)35-29-32-9-8-26(36-29)22-14-20(17-30)15-25(16-22)38-12-10-31-11-13-38;3-2(4,5)1(6)7/h2-9,14-16,18-19,31H,10-13H2,1H3,(H,32,35,36);(H,6,7). The molecule has 1 aliphatic rings. The lowest BCUT2D eigenvalue weighted by atomic mass is 10.1. The summed E-state index contributed by atoms with van der Waals surface area (Å²) in [6.07, 6.45) is -0.0195. The van der Waals surface area contributed by atoms with Crippen LogP contribution in [0.25, 0.3) is 28.3 Å². The van der Waals surface area contributed by atoms with E-state index in [4.69, 9.17) is 19.6 Å². The number of aromatic nitrogens is 6. The Balaban J connectivity index is 0.000000559. The molecule has 0 unspecified atom stereocenters. The first-order chi connectivity index (χ1) is 22.6. The fourth-order valence-electron chi connectivity index (χ4n) is 4.49. The predicted molar refractivity (Wildman–Crippen MR) is 165 cm³/mol. The highest BCUT2D eigenvalue weighted by Gasteiger charge is 2.38. The van der Waals surface area contributed by atoms with E-state index in [9.17, 15) is 18.4 Å². The molecule has 4 heterocycles. The van der Waals surface area contributed by atoms with Crippen LogP contribution in [0.4, 0.5) is 30.5 Å². The number of carboxylic acid groups (broad SMARTS) is 1. The van der Waals surface area contributed by atoms with E-state index in [0.717, 1.165) is 60.1 Å². The van der Waals surface area contributed by atoms with Crippen LogP contribution in [0.15, 0.2) is 79.4 Å². The van der Waals surface area contributed by atoms with Gasteiger partial charge in [-0.05, 0) is 54.6 Å². The van der Waals surface area contributed by atoms with E-state index >= 15 is 0 Å². The zero-order chi connectivity index (χ0) is 33.4. The van der Waals surface area contributed by atoms with Gasteiger partial charge in [0.25, 0.3) is 0 Å². The molecule has 0 bridgehead atoms. The minimum Gasteiger partial charge on any atom is -0.481 e. The van der Waals surface area contributed by atoms with Gasteiger partial charge >= 0.3 is 12.1 Å². The molecule has 1 aliphatic heterocycles. The van der Waals surface area contributed by atoms with Crippen molar-refractivity contribution in [3.05, 3.63) is 84.9 Å². The van der Waals surface area contributed by atoms with Gasteiger partial charge in [0.15, 0.2) is 5.82 Å². The summed E-state index contributed by atoms with van der Waals surface area (Å²) in [4.78, 5) is 28.9. The zero-order valence-electron chi connectivity index (χ0n) is 24.8. The molecule has 2 aromatic carbocycles. The maximum absolute atomic E-state index is 10.6. The van der Waals surface area contributed by atoms with Crippen LogP contribution < -0.4 is 20.3 Å².